The van der Waals surface area contributed by atoms with Crippen LogP contribution in [0.15, 0.2) is 11.8 Å². The van der Waals surface area contributed by atoms with Crippen molar-refractivity contribution in [2.45, 2.75) is 19.1 Å². The molecule has 5 nitrogen and oxygen atoms in total. The van der Waals surface area contributed by atoms with Gasteiger partial charge in [-0.25, -0.2) is 0 Å². The van der Waals surface area contributed by atoms with Crippen molar-refractivity contribution in [1.82, 2.24) is 0 Å². The number of hydrogen-bond acceptors (Lipinski definition) is 5. The van der Waals surface area contributed by atoms with Crippen LogP contribution in [0.1, 0.15) is 6.92 Å². The summed E-state index contributed by atoms with van der Waals surface area (Å²) in [7, 11) is 2.19. The van der Waals surface area contributed by atoms with Crippen molar-refractivity contribution >= 4 is 8.80 Å². The SMILES string of the molecule is C/C=C(/C[Si](OC)(OC)OC)OCC1CO1. The highest BCUT2D eigenvalue weighted by Crippen LogP contribution is 2.21. The largest absolute Gasteiger partial charge is 0.507 e. The summed E-state index contributed by atoms with van der Waals surface area (Å²) < 4.78 is 26.7. The van der Waals surface area contributed by atoms with Gasteiger partial charge in [-0.2, -0.15) is 0 Å². The fourth-order valence-corrected chi connectivity index (χ4v) is 2.95. The van der Waals surface area contributed by atoms with Crippen LogP contribution in [0.3, 0.4) is 0 Å². The molecule has 1 atom stereocenters. The Kier molecular flexibility index (Phi) is 5.43. The minimum absolute atomic E-state index is 0.249. The average Bonchev–Trinajstić information content (AvgIpc) is 3.14. The summed E-state index contributed by atoms with van der Waals surface area (Å²) in [5, 5.41) is 0. The Morgan fingerprint density at radius 3 is 2.25 bits per heavy atom. The molecule has 1 rings (SSSR count). The Hall–Kier alpha value is -0.403. The highest BCUT2D eigenvalue weighted by molar-refractivity contribution is 6.61. The van der Waals surface area contributed by atoms with Gasteiger partial charge in [0.1, 0.15) is 12.7 Å². The molecule has 1 saturated heterocycles. The molecule has 0 saturated carbocycles. The lowest BCUT2D eigenvalue weighted by Gasteiger charge is -2.25. The van der Waals surface area contributed by atoms with E-state index in [0.717, 1.165) is 12.4 Å². The fourth-order valence-electron chi connectivity index (χ4n) is 1.28. The summed E-state index contributed by atoms with van der Waals surface area (Å²) in [5.41, 5.74) is 0. The Morgan fingerprint density at radius 2 is 1.88 bits per heavy atom. The number of hydrogen-bond donors (Lipinski definition) is 0. The standard InChI is InChI=1S/C10H20O5Si/c1-5-9(14-6-10-7-15-10)8-16(11-2,12-3)13-4/h5,10H,6-8H2,1-4H3/b9-5-. The molecule has 1 fully saturated rings. The monoisotopic (exact) mass is 248 g/mol. The summed E-state index contributed by atoms with van der Waals surface area (Å²) in [5.74, 6) is 0.827. The summed E-state index contributed by atoms with van der Waals surface area (Å²) in [6, 6.07) is 0.541. The summed E-state index contributed by atoms with van der Waals surface area (Å²) in [6.45, 7) is 3.29. The topological polar surface area (TPSA) is 49.5 Å². The second kappa shape index (κ2) is 6.36. The Balaban J connectivity index is 2.45. The molecule has 1 heterocycles. The predicted molar refractivity (Wildman–Crippen MR) is 61.0 cm³/mol. The molecule has 1 aliphatic rings. The van der Waals surface area contributed by atoms with Crippen LogP contribution >= 0.6 is 0 Å². The van der Waals surface area contributed by atoms with Gasteiger partial charge in [-0.3, -0.25) is 0 Å². The zero-order valence-corrected chi connectivity index (χ0v) is 11.3. The van der Waals surface area contributed by atoms with E-state index in [9.17, 15) is 0 Å². The molecule has 94 valence electrons. The first-order chi connectivity index (χ1) is 7.69. The Morgan fingerprint density at radius 1 is 1.31 bits per heavy atom. The normalized spacial score (nSPS) is 21.0. The Bertz CT molecular complexity index is 227. The maximum Gasteiger partial charge on any atom is 0.507 e. The van der Waals surface area contributed by atoms with Gasteiger partial charge in [-0.15, -0.1) is 0 Å². The van der Waals surface area contributed by atoms with Gasteiger partial charge in [0.05, 0.1) is 18.4 Å². The van der Waals surface area contributed by atoms with Gasteiger partial charge in [0.2, 0.25) is 0 Å². The first-order valence-electron chi connectivity index (χ1n) is 5.24. The van der Waals surface area contributed by atoms with Crippen molar-refractivity contribution in [2.24, 2.45) is 0 Å². The van der Waals surface area contributed by atoms with E-state index in [0.29, 0.717) is 12.7 Å². The lowest BCUT2D eigenvalue weighted by Crippen LogP contribution is -2.43. The van der Waals surface area contributed by atoms with Gasteiger partial charge in [0.15, 0.2) is 0 Å². The number of epoxide rings is 1. The van der Waals surface area contributed by atoms with Crippen LogP contribution in [-0.2, 0) is 22.8 Å². The minimum Gasteiger partial charge on any atom is -0.496 e. The highest BCUT2D eigenvalue weighted by atomic mass is 28.4. The van der Waals surface area contributed by atoms with Gasteiger partial charge in [-0.05, 0) is 13.0 Å². The minimum atomic E-state index is -2.59. The molecule has 0 spiro atoms. The molecule has 0 bridgehead atoms. The first kappa shape index (κ1) is 13.7. The van der Waals surface area contributed by atoms with Crippen LogP contribution in [0, 0.1) is 0 Å². The second-order valence-electron chi connectivity index (χ2n) is 3.49. The van der Waals surface area contributed by atoms with Crippen molar-refractivity contribution in [3.8, 4) is 0 Å². The van der Waals surface area contributed by atoms with Gasteiger partial charge in [-0.1, -0.05) is 0 Å². The van der Waals surface area contributed by atoms with E-state index in [1.807, 2.05) is 13.0 Å². The van der Waals surface area contributed by atoms with Crippen LogP contribution in [0.25, 0.3) is 0 Å². The number of rotatable bonds is 8. The van der Waals surface area contributed by atoms with E-state index >= 15 is 0 Å². The van der Waals surface area contributed by atoms with Gasteiger partial charge in [0.25, 0.3) is 0 Å². The van der Waals surface area contributed by atoms with Gasteiger partial charge in [0, 0.05) is 21.3 Å². The molecule has 0 aromatic heterocycles. The first-order valence-corrected chi connectivity index (χ1v) is 7.18. The molecule has 0 aliphatic carbocycles. The summed E-state index contributed by atoms with van der Waals surface area (Å²) in [4.78, 5) is 0. The molecule has 0 N–H and O–H groups in total. The second-order valence-corrected chi connectivity index (χ2v) is 6.44. The van der Waals surface area contributed by atoms with E-state index in [2.05, 4.69) is 0 Å². The van der Waals surface area contributed by atoms with Gasteiger partial charge >= 0.3 is 8.80 Å². The molecule has 0 radical (unpaired) electrons. The summed E-state index contributed by atoms with van der Waals surface area (Å²) in [6.07, 6.45) is 2.15. The van der Waals surface area contributed by atoms with Crippen molar-refractivity contribution in [1.29, 1.82) is 0 Å². The zero-order valence-electron chi connectivity index (χ0n) is 10.3. The third kappa shape index (κ3) is 3.87. The lowest BCUT2D eigenvalue weighted by atomic mass is 10.5. The molecular formula is C10H20O5Si. The molecule has 0 amide bonds. The third-order valence-corrected chi connectivity index (χ3v) is 5.15. The van der Waals surface area contributed by atoms with Crippen molar-refractivity contribution in [3.05, 3.63) is 11.8 Å². The van der Waals surface area contributed by atoms with E-state index in [1.54, 1.807) is 21.3 Å². The quantitative estimate of drug-likeness (QED) is 0.367. The van der Waals surface area contributed by atoms with Crippen LogP contribution in [0.5, 0.6) is 0 Å². The molecule has 0 aromatic rings. The van der Waals surface area contributed by atoms with E-state index < -0.39 is 8.80 Å². The highest BCUT2D eigenvalue weighted by Gasteiger charge is 2.39. The average molecular weight is 248 g/mol. The van der Waals surface area contributed by atoms with E-state index in [-0.39, 0.29) is 6.10 Å². The molecule has 16 heavy (non-hydrogen) atoms. The summed E-state index contributed by atoms with van der Waals surface area (Å²) >= 11 is 0. The maximum atomic E-state index is 5.61. The third-order valence-electron chi connectivity index (χ3n) is 2.50. The van der Waals surface area contributed by atoms with Crippen molar-refractivity contribution in [3.63, 3.8) is 0 Å². The van der Waals surface area contributed by atoms with Crippen molar-refractivity contribution < 1.29 is 22.8 Å². The zero-order chi connectivity index (χ0) is 12.0. The van der Waals surface area contributed by atoms with Gasteiger partial charge < -0.3 is 22.8 Å². The predicted octanol–water partition coefficient (Wildman–Crippen LogP) is 1.18. The fraction of sp³-hybridized carbons (Fsp3) is 0.800. The lowest BCUT2D eigenvalue weighted by molar-refractivity contribution is 0.114. The molecular weight excluding hydrogens is 228 g/mol. The van der Waals surface area contributed by atoms with Crippen molar-refractivity contribution in [2.75, 3.05) is 34.5 Å². The van der Waals surface area contributed by atoms with Crippen LogP contribution < -0.4 is 0 Å². The van der Waals surface area contributed by atoms with Crippen LogP contribution in [0.2, 0.25) is 6.04 Å². The van der Waals surface area contributed by atoms with Crippen LogP contribution in [0.4, 0.5) is 0 Å². The van der Waals surface area contributed by atoms with Crippen LogP contribution in [-0.4, -0.2) is 49.5 Å². The molecule has 1 aliphatic heterocycles. The maximum absolute atomic E-state index is 5.61. The number of ether oxygens (including phenoxy) is 2. The molecule has 0 aromatic carbocycles. The molecule has 6 heteroatoms. The smallest absolute Gasteiger partial charge is 0.496 e. The van der Waals surface area contributed by atoms with E-state index in [4.69, 9.17) is 22.8 Å². The van der Waals surface area contributed by atoms with E-state index in [1.165, 1.54) is 0 Å². The Labute approximate surface area is 97.6 Å². The molecule has 1 unspecified atom stereocenters. The number of allylic oxidation sites excluding steroid dienone is 2.